The van der Waals surface area contributed by atoms with Crippen LogP contribution in [0.15, 0.2) is 52.3 Å². The van der Waals surface area contributed by atoms with Crippen LogP contribution in [0.5, 0.6) is 0 Å². The van der Waals surface area contributed by atoms with Gasteiger partial charge in [0.25, 0.3) is 0 Å². The topological polar surface area (TPSA) is 55.8 Å². The molecule has 1 aromatic rings. The highest BCUT2D eigenvalue weighted by molar-refractivity contribution is 9.10. The summed E-state index contributed by atoms with van der Waals surface area (Å²) in [7, 11) is 2.45. The van der Waals surface area contributed by atoms with Crippen LogP contribution in [0.1, 0.15) is 0 Å². The van der Waals surface area contributed by atoms with Crippen LogP contribution >= 0.6 is 39.1 Å². The summed E-state index contributed by atoms with van der Waals surface area (Å²) in [6.07, 6.45) is 6.30. The molecule has 0 spiro atoms. The van der Waals surface area contributed by atoms with Crippen molar-refractivity contribution in [3.05, 3.63) is 62.3 Å². The summed E-state index contributed by atoms with van der Waals surface area (Å²) >= 11 is 15.7. The minimum atomic E-state index is -0.718. The third kappa shape index (κ3) is 3.66. The normalized spacial score (nSPS) is 13.8. The first kappa shape index (κ1) is 18.6. The Balaban J connectivity index is 2.75. The maximum absolute atomic E-state index is 12.3. The van der Waals surface area contributed by atoms with Crippen molar-refractivity contribution < 1.29 is 19.1 Å². The maximum atomic E-state index is 12.3. The molecule has 0 saturated carbocycles. The Morgan fingerprint density at radius 1 is 1.08 bits per heavy atom. The first-order valence-corrected chi connectivity index (χ1v) is 8.15. The monoisotopic (exact) mass is 431 g/mol. The molecule has 1 aromatic carbocycles. The largest absolute Gasteiger partial charge is 0.465 e. The Morgan fingerprint density at radius 3 is 2.33 bits per heavy atom. The zero-order valence-electron chi connectivity index (χ0n) is 12.7. The second kappa shape index (κ2) is 7.88. The van der Waals surface area contributed by atoms with Crippen molar-refractivity contribution in [1.29, 1.82) is 0 Å². The second-order valence-electron chi connectivity index (χ2n) is 4.53. The predicted molar refractivity (Wildman–Crippen MR) is 96.0 cm³/mol. The fraction of sp³-hybridized carbons (Fsp3) is 0.125. The van der Waals surface area contributed by atoms with Crippen molar-refractivity contribution in [3.8, 4) is 0 Å². The number of halogens is 3. The quantitative estimate of drug-likeness (QED) is 0.668. The van der Waals surface area contributed by atoms with Crippen LogP contribution in [0.25, 0.3) is 0 Å². The van der Waals surface area contributed by atoms with Gasteiger partial charge < -0.3 is 14.4 Å². The molecular formula is C16H12BrCl2NO4. The summed E-state index contributed by atoms with van der Waals surface area (Å²) < 4.78 is 10.1. The highest BCUT2D eigenvalue weighted by Crippen LogP contribution is 2.40. The van der Waals surface area contributed by atoms with E-state index < -0.39 is 11.9 Å². The van der Waals surface area contributed by atoms with Gasteiger partial charge in [0.2, 0.25) is 0 Å². The van der Waals surface area contributed by atoms with Gasteiger partial charge >= 0.3 is 11.9 Å². The van der Waals surface area contributed by atoms with Crippen molar-refractivity contribution >= 4 is 56.8 Å². The lowest BCUT2D eigenvalue weighted by Crippen LogP contribution is -2.27. The smallest absolute Gasteiger partial charge is 0.355 e. The average Bonchev–Trinajstić information content (AvgIpc) is 2.75. The molecule has 1 aliphatic rings. The van der Waals surface area contributed by atoms with E-state index in [2.05, 4.69) is 15.9 Å². The summed E-state index contributed by atoms with van der Waals surface area (Å²) in [5, 5.41) is 0.705. The van der Waals surface area contributed by atoms with Crippen molar-refractivity contribution in [2.75, 3.05) is 19.1 Å². The van der Waals surface area contributed by atoms with Crippen LogP contribution < -0.4 is 4.90 Å². The van der Waals surface area contributed by atoms with Gasteiger partial charge in [-0.25, -0.2) is 9.59 Å². The third-order valence-electron chi connectivity index (χ3n) is 3.11. The molecule has 0 atom stereocenters. The zero-order chi connectivity index (χ0) is 17.9. The molecule has 1 heterocycles. The molecule has 0 aliphatic carbocycles. The third-order valence-corrected chi connectivity index (χ3v) is 4.22. The number of esters is 2. The number of allylic oxidation sites excluding steroid dienone is 2. The summed E-state index contributed by atoms with van der Waals surface area (Å²) in [6.45, 7) is 0. The molecule has 0 fully saturated rings. The van der Waals surface area contributed by atoms with Gasteiger partial charge in [0, 0.05) is 15.7 Å². The fourth-order valence-corrected chi connectivity index (χ4v) is 3.58. The summed E-state index contributed by atoms with van der Waals surface area (Å²) in [4.78, 5) is 25.9. The molecule has 8 heteroatoms. The van der Waals surface area contributed by atoms with Crippen molar-refractivity contribution in [3.63, 3.8) is 0 Å². The number of nitrogens with zero attached hydrogens (tertiary/aromatic N) is 1. The van der Waals surface area contributed by atoms with E-state index >= 15 is 0 Å². The van der Waals surface area contributed by atoms with Gasteiger partial charge in [-0.2, -0.15) is 0 Å². The van der Waals surface area contributed by atoms with Crippen LogP contribution in [0, 0.1) is 0 Å². The number of carbonyl (C=O) groups is 2. The predicted octanol–water partition coefficient (Wildman–Crippen LogP) is 4.25. The number of rotatable bonds is 3. The van der Waals surface area contributed by atoms with Crippen molar-refractivity contribution in [1.82, 2.24) is 0 Å². The van der Waals surface area contributed by atoms with Crippen molar-refractivity contribution in [2.24, 2.45) is 0 Å². The molecule has 1 aliphatic heterocycles. The van der Waals surface area contributed by atoms with Gasteiger partial charge in [0.1, 0.15) is 5.70 Å². The Hall–Kier alpha value is -1.76. The van der Waals surface area contributed by atoms with E-state index in [4.69, 9.17) is 32.7 Å². The molecule has 0 saturated heterocycles. The minimum Gasteiger partial charge on any atom is -0.465 e. The Morgan fingerprint density at radius 2 is 1.75 bits per heavy atom. The molecule has 24 heavy (non-hydrogen) atoms. The molecule has 0 unspecified atom stereocenters. The van der Waals surface area contributed by atoms with Gasteiger partial charge in [-0.1, -0.05) is 29.3 Å². The van der Waals surface area contributed by atoms with E-state index in [0.29, 0.717) is 15.2 Å². The molecule has 2 rings (SSSR count). The second-order valence-corrected chi connectivity index (χ2v) is 6.23. The number of carbonyl (C=O) groups excluding carboxylic acids is 2. The van der Waals surface area contributed by atoms with E-state index in [-0.39, 0.29) is 16.3 Å². The summed E-state index contributed by atoms with van der Waals surface area (Å²) in [5.74, 6) is -1.40. The lowest BCUT2D eigenvalue weighted by molar-refractivity contribution is -0.139. The van der Waals surface area contributed by atoms with Gasteiger partial charge in [-0.05, 0) is 40.2 Å². The van der Waals surface area contributed by atoms with Gasteiger partial charge in [-0.15, -0.1) is 0 Å². The first-order chi connectivity index (χ1) is 11.4. The van der Waals surface area contributed by atoms with Crippen LogP contribution in [0.2, 0.25) is 10.0 Å². The van der Waals surface area contributed by atoms with Gasteiger partial charge in [-0.3, -0.25) is 0 Å². The molecule has 0 aromatic heterocycles. The molecule has 0 N–H and O–H groups in total. The molecule has 0 amide bonds. The Labute approximate surface area is 157 Å². The van der Waals surface area contributed by atoms with Crippen molar-refractivity contribution in [2.45, 2.75) is 0 Å². The van der Waals surface area contributed by atoms with E-state index in [9.17, 15) is 9.59 Å². The summed E-state index contributed by atoms with van der Waals surface area (Å²) in [6, 6.07) is 3.16. The van der Waals surface area contributed by atoms with Crippen LogP contribution in [-0.2, 0) is 19.1 Å². The Kier molecular flexibility index (Phi) is 6.10. The van der Waals surface area contributed by atoms with Crippen LogP contribution in [0.3, 0.4) is 0 Å². The highest BCUT2D eigenvalue weighted by Gasteiger charge is 2.29. The molecule has 5 nitrogen and oxygen atoms in total. The number of benzene rings is 1. The zero-order valence-corrected chi connectivity index (χ0v) is 15.8. The van der Waals surface area contributed by atoms with E-state index in [1.807, 2.05) is 0 Å². The first-order valence-electron chi connectivity index (χ1n) is 6.60. The van der Waals surface area contributed by atoms with E-state index in [1.165, 1.54) is 31.3 Å². The number of hydrogen-bond donors (Lipinski definition) is 0. The number of anilines is 1. The standard InChI is InChI=1S/C16H12BrCl2NO4/c1-23-15(21)10-5-3-4-6-20(13(10)16(22)24-2)14-11(17)7-9(18)8-12(14)19/h3-8H,1-2H3. The van der Waals surface area contributed by atoms with Crippen LogP contribution in [0.4, 0.5) is 5.69 Å². The lowest BCUT2D eigenvalue weighted by Gasteiger charge is -2.25. The molecule has 126 valence electrons. The molecule has 0 bridgehead atoms. The fourth-order valence-electron chi connectivity index (χ4n) is 2.10. The molecule has 0 radical (unpaired) electrons. The summed E-state index contributed by atoms with van der Waals surface area (Å²) in [5.41, 5.74) is 0.439. The van der Waals surface area contributed by atoms with E-state index in [1.54, 1.807) is 24.4 Å². The lowest BCUT2D eigenvalue weighted by atomic mass is 10.1. The van der Waals surface area contributed by atoms with E-state index in [0.717, 1.165) is 0 Å². The average molecular weight is 433 g/mol. The maximum Gasteiger partial charge on any atom is 0.355 e. The molecular weight excluding hydrogens is 421 g/mol. The van der Waals surface area contributed by atoms with Gasteiger partial charge in [0.15, 0.2) is 0 Å². The number of hydrogen-bond acceptors (Lipinski definition) is 5. The minimum absolute atomic E-state index is 0.0285. The van der Waals surface area contributed by atoms with Gasteiger partial charge in [0.05, 0.1) is 30.5 Å². The number of methoxy groups -OCH3 is 2. The number of ether oxygens (including phenoxy) is 2. The highest BCUT2D eigenvalue weighted by atomic mass is 79.9. The van der Waals surface area contributed by atoms with Crippen LogP contribution in [-0.4, -0.2) is 26.2 Å². The Bertz CT molecular complexity index is 763. The SMILES string of the molecule is COC(=O)C1=C(C(=O)OC)N(c2c(Cl)cc(Cl)cc2Br)C=CC=C1.